The number of hydrogen-bond donors (Lipinski definition) is 2. The Kier molecular flexibility index (Phi) is 5.94. The average Bonchev–Trinajstić information content (AvgIpc) is 2.53. The molecule has 0 spiro atoms. The fraction of sp³-hybridized carbons (Fsp3) is 0.533. The third-order valence-electron chi connectivity index (χ3n) is 3.63. The van der Waals surface area contributed by atoms with Crippen LogP contribution in [0.4, 0.5) is 11.8 Å². The maximum Gasteiger partial charge on any atom is 0.234 e. The van der Waals surface area contributed by atoms with Gasteiger partial charge >= 0.3 is 0 Å². The number of aromatic nitrogens is 2. The molecule has 0 aromatic carbocycles. The Morgan fingerprint density at radius 2 is 2.36 bits per heavy atom. The second kappa shape index (κ2) is 7.93. The molecule has 6 nitrogen and oxygen atoms in total. The summed E-state index contributed by atoms with van der Waals surface area (Å²) in [5.41, 5.74) is 0. The van der Waals surface area contributed by atoms with Gasteiger partial charge in [0.2, 0.25) is 11.8 Å². The highest BCUT2D eigenvalue weighted by atomic mass is 32.1. The lowest BCUT2D eigenvalue weighted by Gasteiger charge is -2.34. The van der Waals surface area contributed by atoms with E-state index in [1.54, 1.807) is 13.2 Å². The predicted octanol–water partition coefficient (Wildman–Crippen LogP) is 2.34. The van der Waals surface area contributed by atoms with Crippen LogP contribution in [0.25, 0.3) is 0 Å². The number of rotatable bonds is 5. The van der Waals surface area contributed by atoms with E-state index in [4.69, 9.17) is 17.0 Å². The van der Waals surface area contributed by atoms with Gasteiger partial charge in [0.15, 0.2) is 5.11 Å². The first-order chi connectivity index (χ1) is 10.6. The first-order valence-corrected chi connectivity index (χ1v) is 7.90. The molecule has 22 heavy (non-hydrogen) atoms. The maximum absolute atomic E-state index is 5.29. The molecule has 7 heteroatoms. The van der Waals surface area contributed by atoms with Crippen LogP contribution in [0.3, 0.4) is 0 Å². The van der Waals surface area contributed by atoms with Gasteiger partial charge in [-0.25, -0.2) is 0 Å². The molecule has 1 aliphatic heterocycles. The second-order valence-corrected chi connectivity index (χ2v) is 5.66. The molecule has 0 unspecified atom stereocenters. The molecule has 0 amide bonds. The Labute approximate surface area is 137 Å². The summed E-state index contributed by atoms with van der Waals surface area (Å²) >= 11 is 5.20. The summed E-state index contributed by atoms with van der Waals surface area (Å²) in [6, 6.07) is 2.33. The highest BCUT2D eigenvalue weighted by Crippen LogP contribution is 2.26. The number of methoxy groups -OCH3 is 1. The van der Waals surface area contributed by atoms with Crippen LogP contribution >= 0.6 is 12.2 Å². The molecule has 2 rings (SSSR count). The minimum atomic E-state index is 0.439. The van der Waals surface area contributed by atoms with Gasteiger partial charge in [0.25, 0.3) is 0 Å². The first-order valence-electron chi connectivity index (χ1n) is 7.49. The van der Waals surface area contributed by atoms with Gasteiger partial charge in [-0.15, -0.1) is 6.58 Å². The molecule has 0 saturated carbocycles. The SMILES string of the molecule is C=CCNC(=S)Nc1nc(OC)cc(N2CCCC[C@@H]2C)n1. The highest BCUT2D eigenvalue weighted by Gasteiger charge is 2.21. The quantitative estimate of drug-likeness (QED) is 0.637. The van der Waals surface area contributed by atoms with Crippen molar-refractivity contribution in [1.82, 2.24) is 15.3 Å². The summed E-state index contributed by atoms with van der Waals surface area (Å²) in [5.74, 6) is 1.83. The smallest absolute Gasteiger partial charge is 0.234 e. The van der Waals surface area contributed by atoms with E-state index >= 15 is 0 Å². The molecular formula is C15H23N5OS. The van der Waals surface area contributed by atoms with Gasteiger partial charge in [0.1, 0.15) is 5.82 Å². The van der Waals surface area contributed by atoms with Crippen molar-refractivity contribution in [2.75, 3.05) is 30.4 Å². The van der Waals surface area contributed by atoms with Gasteiger partial charge in [-0.1, -0.05) is 6.08 Å². The molecule has 1 aromatic heterocycles. The van der Waals surface area contributed by atoms with Crippen molar-refractivity contribution in [2.45, 2.75) is 32.2 Å². The number of hydrogen-bond acceptors (Lipinski definition) is 5. The normalized spacial score (nSPS) is 17.7. The molecule has 0 aliphatic carbocycles. The summed E-state index contributed by atoms with van der Waals surface area (Å²) < 4.78 is 5.29. The monoisotopic (exact) mass is 321 g/mol. The maximum atomic E-state index is 5.29. The molecule has 1 fully saturated rings. The molecule has 1 atom stereocenters. The van der Waals surface area contributed by atoms with E-state index in [2.05, 4.69) is 39.0 Å². The third kappa shape index (κ3) is 4.30. The zero-order valence-electron chi connectivity index (χ0n) is 13.1. The molecule has 0 bridgehead atoms. The minimum Gasteiger partial charge on any atom is -0.481 e. The van der Waals surface area contributed by atoms with E-state index in [0.717, 1.165) is 12.4 Å². The Hall–Kier alpha value is -1.89. The fourth-order valence-corrected chi connectivity index (χ4v) is 2.64. The number of ether oxygens (including phenoxy) is 1. The zero-order chi connectivity index (χ0) is 15.9. The number of anilines is 2. The zero-order valence-corrected chi connectivity index (χ0v) is 13.9. The van der Waals surface area contributed by atoms with Crippen LogP contribution in [-0.4, -0.2) is 41.3 Å². The number of nitrogens with zero attached hydrogens (tertiary/aromatic N) is 3. The van der Waals surface area contributed by atoms with Gasteiger partial charge < -0.3 is 20.3 Å². The largest absolute Gasteiger partial charge is 0.481 e. The van der Waals surface area contributed by atoms with Crippen molar-refractivity contribution in [3.05, 3.63) is 18.7 Å². The lowest BCUT2D eigenvalue weighted by atomic mass is 10.0. The molecule has 0 radical (unpaired) electrons. The van der Waals surface area contributed by atoms with Crippen LogP contribution in [-0.2, 0) is 0 Å². The molecule has 1 aromatic rings. The van der Waals surface area contributed by atoms with Crippen molar-refractivity contribution in [2.24, 2.45) is 0 Å². The lowest BCUT2D eigenvalue weighted by Crippen LogP contribution is -2.38. The molecule has 2 N–H and O–H groups in total. The van der Waals surface area contributed by atoms with Crippen molar-refractivity contribution in [3.63, 3.8) is 0 Å². The van der Waals surface area contributed by atoms with Gasteiger partial charge in [0, 0.05) is 25.2 Å². The van der Waals surface area contributed by atoms with Gasteiger partial charge in [0.05, 0.1) is 7.11 Å². The summed E-state index contributed by atoms with van der Waals surface area (Å²) in [5, 5.41) is 6.45. The second-order valence-electron chi connectivity index (χ2n) is 5.25. The molecule has 1 aliphatic rings. The molecular weight excluding hydrogens is 298 g/mol. The Morgan fingerprint density at radius 3 is 3.05 bits per heavy atom. The number of piperidine rings is 1. The van der Waals surface area contributed by atoms with Gasteiger partial charge in [-0.2, -0.15) is 9.97 Å². The summed E-state index contributed by atoms with van der Waals surface area (Å²) in [7, 11) is 1.60. The van der Waals surface area contributed by atoms with Crippen LogP contribution in [0, 0.1) is 0 Å². The topological polar surface area (TPSA) is 62.3 Å². The minimum absolute atomic E-state index is 0.439. The summed E-state index contributed by atoms with van der Waals surface area (Å²) in [4.78, 5) is 11.2. The number of thiocarbonyl (C=S) groups is 1. The lowest BCUT2D eigenvalue weighted by molar-refractivity contribution is 0.396. The Balaban J connectivity index is 2.18. The van der Waals surface area contributed by atoms with Crippen LogP contribution in [0.2, 0.25) is 0 Å². The van der Waals surface area contributed by atoms with Crippen molar-refractivity contribution < 1.29 is 4.74 Å². The Bertz CT molecular complexity index is 537. The van der Waals surface area contributed by atoms with Gasteiger partial charge in [-0.3, -0.25) is 0 Å². The van der Waals surface area contributed by atoms with Crippen molar-refractivity contribution in [3.8, 4) is 5.88 Å². The summed E-state index contributed by atoms with van der Waals surface area (Å²) in [6.07, 6.45) is 5.36. The average molecular weight is 321 g/mol. The predicted molar refractivity (Wildman–Crippen MR) is 93.7 cm³/mol. The van der Waals surface area contributed by atoms with Crippen molar-refractivity contribution >= 4 is 29.1 Å². The van der Waals surface area contributed by atoms with Crippen LogP contribution in [0.1, 0.15) is 26.2 Å². The van der Waals surface area contributed by atoms with E-state index in [-0.39, 0.29) is 0 Å². The van der Waals surface area contributed by atoms with E-state index < -0.39 is 0 Å². The van der Waals surface area contributed by atoms with Crippen LogP contribution in [0.15, 0.2) is 18.7 Å². The highest BCUT2D eigenvalue weighted by molar-refractivity contribution is 7.80. The molecule has 120 valence electrons. The van der Waals surface area contributed by atoms with E-state index in [1.807, 2.05) is 6.07 Å². The van der Waals surface area contributed by atoms with Crippen molar-refractivity contribution in [1.29, 1.82) is 0 Å². The fourth-order valence-electron chi connectivity index (χ4n) is 2.47. The molecule has 2 heterocycles. The number of nitrogens with one attached hydrogen (secondary N) is 2. The van der Waals surface area contributed by atoms with E-state index in [1.165, 1.54) is 19.3 Å². The van der Waals surface area contributed by atoms with E-state index in [9.17, 15) is 0 Å². The van der Waals surface area contributed by atoms with Crippen LogP contribution < -0.4 is 20.3 Å². The first kappa shape index (κ1) is 16.5. The molecule has 1 saturated heterocycles. The standard InChI is InChI=1S/C15H23N5OS/c1-4-8-16-15(22)19-14-17-12(10-13(18-14)21-3)20-9-6-5-7-11(20)2/h4,10-11H,1,5-9H2,2-3H3,(H2,16,17,18,19,22)/t11-/m0/s1. The van der Waals surface area contributed by atoms with E-state index in [0.29, 0.717) is 29.5 Å². The Morgan fingerprint density at radius 1 is 1.55 bits per heavy atom. The third-order valence-corrected chi connectivity index (χ3v) is 3.87. The van der Waals surface area contributed by atoms with Crippen LogP contribution in [0.5, 0.6) is 5.88 Å². The summed E-state index contributed by atoms with van der Waals surface area (Å²) in [6.45, 7) is 7.45. The van der Waals surface area contributed by atoms with Gasteiger partial charge in [-0.05, 0) is 38.4 Å².